The number of carbonyl (C=O) groups is 1. The molecule has 4 nitrogen and oxygen atoms in total. The highest BCUT2D eigenvalue weighted by atomic mass is 19.1. The second kappa shape index (κ2) is 5.97. The van der Waals surface area contributed by atoms with Gasteiger partial charge in [-0.1, -0.05) is 0 Å². The summed E-state index contributed by atoms with van der Waals surface area (Å²) in [5.41, 5.74) is 0.968. The largest absolute Gasteiger partial charge is 0.618 e. The highest BCUT2D eigenvalue weighted by Gasteiger charge is 2.03. The van der Waals surface area contributed by atoms with Crippen molar-refractivity contribution in [3.8, 4) is 5.75 Å². The number of nitrogens with zero attached hydrogens (tertiary/aromatic N) is 1. The van der Waals surface area contributed by atoms with Crippen molar-refractivity contribution in [2.75, 3.05) is 0 Å². The molecule has 20 heavy (non-hydrogen) atoms. The van der Waals surface area contributed by atoms with Crippen molar-refractivity contribution in [2.45, 2.75) is 6.92 Å². The van der Waals surface area contributed by atoms with Crippen LogP contribution in [0.4, 0.5) is 10.1 Å². The van der Waals surface area contributed by atoms with Crippen molar-refractivity contribution in [3.05, 3.63) is 65.1 Å². The zero-order valence-corrected chi connectivity index (χ0v) is 10.7. The van der Waals surface area contributed by atoms with E-state index in [1.54, 1.807) is 24.3 Å². The van der Waals surface area contributed by atoms with Crippen molar-refractivity contribution < 1.29 is 18.7 Å². The molecule has 2 aromatic carbocycles. The van der Waals surface area contributed by atoms with Crippen LogP contribution in [0, 0.1) is 11.0 Å². The maximum atomic E-state index is 12.8. The Kier molecular flexibility index (Phi) is 4.10. The van der Waals surface area contributed by atoms with Crippen LogP contribution in [0.2, 0.25) is 0 Å². The van der Waals surface area contributed by atoms with Gasteiger partial charge in [-0.05, 0) is 36.4 Å². The average Bonchev–Trinajstić information content (AvgIpc) is 2.41. The number of esters is 1. The molecule has 0 atom stereocenters. The van der Waals surface area contributed by atoms with Gasteiger partial charge in [0.05, 0.1) is 0 Å². The number of benzene rings is 2. The minimum absolute atomic E-state index is 0.329. The zero-order chi connectivity index (χ0) is 14.5. The van der Waals surface area contributed by atoms with Gasteiger partial charge in [0.25, 0.3) is 0 Å². The number of carbonyl (C=O) groups excluding carboxylic acids is 1. The lowest BCUT2D eigenvalue weighted by atomic mass is 10.2. The Morgan fingerprint density at radius 1 is 1.15 bits per heavy atom. The Morgan fingerprint density at radius 2 is 1.75 bits per heavy atom. The van der Waals surface area contributed by atoms with E-state index in [4.69, 9.17) is 4.74 Å². The van der Waals surface area contributed by atoms with Crippen LogP contribution in [0.5, 0.6) is 5.75 Å². The van der Waals surface area contributed by atoms with Gasteiger partial charge in [-0.25, -0.2) is 4.39 Å². The van der Waals surface area contributed by atoms with Crippen LogP contribution < -0.4 is 4.74 Å². The summed E-state index contributed by atoms with van der Waals surface area (Å²) < 4.78 is 18.3. The van der Waals surface area contributed by atoms with E-state index < -0.39 is 11.8 Å². The summed E-state index contributed by atoms with van der Waals surface area (Å²) in [6.07, 6.45) is 1.35. The number of halogens is 1. The smallest absolute Gasteiger partial charge is 0.308 e. The molecule has 0 aliphatic carbocycles. The summed E-state index contributed by atoms with van der Waals surface area (Å²) in [5.74, 6) is -0.389. The summed E-state index contributed by atoms with van der Waals surface area (Å²) in [4.78, 5) is 10.8. The number of ether oxygens (including phenoxy) is 1. The van der Waals surface area contributed by atoms with Gasteiger partial charge in [0.2, 0.25) is 5.69 Å². The minimum Gasteiger partial charge on any atom is -0.618 e. The second-order valence-corrected chi connectivity index (χ2v) is 4.09. The predicted molar refractivity (Wildman–Crippen MR) is 72.6 cm³/mol. The highest BCUT2D eigenvalue weighted by molar-refractivity contribution is 5.77. The minimum atomic E-state index is -0.404. The Morgan fingerprint density at radius 3 is 2.30 bits per heavy atom. The van der Waals surface area contributed by atoms with Crippen LogP contribution in [0.1, 0.15) is 12.5 Å². The summed E-state index contributed by atoms with van der Waals surface area (Å²) in [5, 5.41) is 11.8. The molecule has 0 saturated carbocycles. The van der Waals surface area contributed by atoms with Gasteiger partial charge in [-0.2, -0.15) is 4.74 Å². The molecule has 0 amide bonds. The lowest BCUT2D eigenvalue weighted by Gasteiger charge is -2.03. The molecular formula is C15H12FNO3. The Labute approximate surface area is 115 Å². The Hall–Kier alpha value is -2.69. The summed E-state index contributed by atoms with van der Waals surface area (Å²) >= 11 is 0. The summed E-state index contributed by atoms with van der Waals surface area (Å²) in [6, 6.07) is 11.7. The fourth-order valence-corrected chi connectivity index (χ4v) is 1.59. The van der Waals surface area contributed by atoms with E-state index in [1.807, 2.05) is 0 Å². The molecule has 0 spiro atoms. The van der Waals surface area contributed by atoms with Gasteiger partial charge in [-0.15, -0.1) is 0 Å². The third-order valence-corrected chi connectivity index (χ3v) is 2.49. The van der Waals surface area contributed by atoms with Crippen molar-refractivity contribution in [1.82, 2.24) is 0 Å². The topological polar surface area (TPSA) is 52.4 Å². The maximum Gasteiger partial charge on any atom is 0.308 e. The van der Waals surface area contributed by atoms with E-state index in [-0.39, 0.29) is 0 Å². The van der Waals surface area contributed by atoms with Crippen LogP contribution >= 0.6 is 0 Å². The molecule has 0 aromatic heterocycles. The molecule has 0 bridgehead atoms. The first kappa shape index (κ1) is 13.7. The van der Waals surface area contributed by atoms with E-state index in [1.165, 1.54) is 37.4 Å². The monoisotopic (exact) mass is 273 g/mol. The molecule has 0 fully saturated rings. The van der Waals surface area contributed by atoms with Crippen LogP contribution in [0.3, 0.4) is 0 Å². The molecule has 2 aromatic rings. The van der Waals surface area contributed by atoms with Crippen LogP contribution in [-0.4, -0.2) is 16.9 Å². The first-order valence-electron chi connectivity index (χ1n) is 5.90. The summed E-state index contributed by atoms with van der Waals surface area (Å²) in [6.45, 7) is 1.31. The lowest BCUT2D eigenvalue weighted by Crippen LogP contribution is -2.02. The first-order chi connectivity index (χ1) is 9.54. The molecule has 0 aliphatic rings. The van der Waals surface area contributed by atoms with Gasteiger partial charge in [0.1, 0.15) is 11.6 Å². The number of hydrogen-bond acceptors (Lipinski definition) is 3. The third-order valence-electron chi connectivity index (χ3n) is 2.49. The van der Waals surface area contributed by atoms with E-state index in [0.717, 1.165) is 0 Å². The first-order valence-corrected chi connectivity index (χ1v) is 5.90. The van der Waals surface area contributed by atoms with Gasteiger partial charge in [0.15, 0.2) is 6.21 Å². The van der Waals surface area contributed by atoms with Crippen molar-refractivity contribution in [3.63, 3.8) is 0 Å². The van der Waals surface area contributed by atoms with Gasteiger partial charge < -0.3 is 9.94 Å². The molecule has 0 saturated heterocycles. The number of hydrogen-bond donors (Lipinski definition) is 0. The molecule has 0 aliphatic heterocycles. The van der Waals surface area contributed by atoms with E-state index in [2.05, 4.69) is 0 Å². The van der Waals surface area contributed by atoms with Gasteiger partial charge in [0, 0.05) is 24.6 Å². The molecule has 2 rings (SSSR count). The zero-order valence-electron chi connectivity index (χ0n) is 10.7. The quantitative estimate of drug-likeness (QED) is 0.216. The Bertz CT molecular complexity index is 633. The summed E-state index contributed by atoms with van der Waals surface area (Å²) in [7, 11) is 0. The second-order valence-electron chi connectivity index (χ2n) is 4.09. The fourth-order valence-electron chi connectivity index (χ4n) is 1.59. The van der Waals surface area contributed by atoms with Crippen molar-refractivity contribution >= 4 is 17.9 Å². The highest BCUT2D eigenvalue weighted by Crippen LogP contribution is 2.14. The van der Waals surface area contributed by atoms with Crippen molar-refractivity contribution in [1.29, 1.82) is 0 Å². The third kappa shape index (κ3) is 3.65. The maximum absolute atomic E-state index is 12.8. The Balaban J connectivity index is 2.17. The molecule has 5 heteroatoms. The van der Waals surface area contributed by atoms with Crippen molar-refractivity contribution in [2.24, 2.45) is 0 Å². The van der Waals surface area contributed by atoms with Gasteiger partial charge in [-0.3, -0.25) is 4.79 Å². The molecule has 0 N–H and O–H groups in total. The molecular weight excluding hydrogens is 261 g/mol. The predicted octanol–water partition coefficient (Wildman–Crippen LogP) is 3.01. The average molecular weight is 273 g/mol. The molecule has 0 unspecified atom stereocenters. The molecule has 0 heterocycles. The fraction of sp³-hybridized carbons (Fsp3) is 0.0667. The van der Waals surface area contributed by atoms with E-state index in [0.29, 0.717) is 21.7 Å². The van der Waals surface area contributed by atoms with E-state index in [9.17, 15) is 14.4 Å². The normalized spacial score (nSPS) is 11.2. The van der Waals surface area contributed by atoms with E-state index >= 15 is 0 Å². The lowest BCUT2D eigenvalue weighted by molar-refractivity contribution is -0.354. The number of rotatable bonds is 3. The van der Waals surface area contributed by atoms with Gasteiger partial charge >= 0.3 is 5.97 Å². The standard InChI is InChI=1S/C15H12FNO3/c1-11(18)20-15-8-2-12(3-9-15)10-17(19)14-6-4-13(16)5-7-14/h2-10H,1H3. The molecule has 102 valence electrons. The van der Waals surface area contributed by atoms with Crippen LogP contribution in [0.25, 0.3) is 0 Å². The van der Waals surface area contributed by atoms with Crippen LogP contribution in [-0.2, 0) is 4.79 Å². The molecule has 0 radical (unpaired) electrons. The SMILES string of the molecule is CC(=O)Oc1ccc(C=[N+]([O-])c2ccc(F)cc2)cc1. The van der Waals surface area contributed by atoms with Crippen LogP contribution in [0.15, 0.2) is 48.5 Å².